The molecule has 0 saturated heterocycles. The molecular weight excluding hydrogens is 207 g/mol. The fraction of sp³-hybridized carbons (Fsp3) is 0.200. The summed E-state index contributed by atoms with van der Waals surface area (Å²) in [6, 6.07) is 0. The summed E-state index contributed by atoms with van der Waals surface area (Å²) >= 11 is 5.27. The quantitative estimate of drug-likeness (QED) is 0.505. The van der Waals surface area contributed by atoms with Gasteiger partial charge in [-0.15, -0.1) is 0 Å². The number of nitrogens with zero attached hydrogens (tertiary/aromatic N) is 2. The van der Waals surface area contributed by atoms with Crippen molar-refractivity contribution in [2.24, 2.45) is 0 Å². The highest BCUT2D eigenvalue weighted by molar-refractivity contribution is 7.90. The number of hydrogen-bond acceptors (Lipinski definition) is 4. The third-order valence-corrected chi connectivity index (χ3v) is 2.20. The molecule has 0 amide bonds. The van der Waals surface area contributed by atoms with E-state index in [1.807, 2.05) is 0 Å². The molecule has 0 unspecified atom stereocenters. The van der Waals surface area contributed by atoms with Crippen LogP contribution in [0.3, 0.4) is 0 Å². The second kappa shape index (κ2) is 2.95. The summed E-state index contributed by atoms with van der Waals surface area (Å²) in [6.07, 6.45) is 1.56. The van der Waals surface area contributed by atoms with Gasteiger partial charge in [0.25, 0.3) is 0 Å². The van der Waals surface area contributed by atoms with Crippen molar-refractivity contribution in [3.8, 4) is 0 Å². The van der Waals surface area contributed by atoms with E-state index in [1.165, 1.54) is 0 Å². The van der Waals surface area contributed by atoms with E-state index in [9.17, 15) is 12.8 Å². The minimum absolute atomic E-state index is 0.295. The molecule has 1 aromatic heterocycles. The number of aromatic nitrogens is 2. The van der Waals surface area contributed by atoms with Gasteiger partial charge in [-0.25, -0.2) is 22.8 Å². The third kappa shape index (κ3) is 1.89. The average Bonchev–Trinajstić information content (AvgIpc) is 1.92. The van der Waals surface area contributed by atoms with E-state index in [2.05, 4.69) is 9.97 Å². The van der Waals surface area contributed by atoms with Crippen LogP contribution in [0.4, 0.5) is 4.39 Å². The molecule has 0 aliphatic carbocycles. The first-order valence-corrected chi connectivity index (χ1v) is 5.06. The maximum absolute atomic E-state index is 12.7. The Bertz CT molecular complexity index is 406. The summed E-state index contributed by atoms with van der Waals surface area (Å²) < 4.78 is 34.3. The zero-order valence-electron chi connectivity index (χ0n) is 5.95. The molecular formula is C5H4ClFN2O2S. The van der Waals surface area contributed by atoms with Gasteiger partial charge in [0.2, 0.25) is 5.28 Å². The van der Waals surface area contributed by atoms with Crippen molar-refractivity contribution < 1.29 is 12.8 Å². The Kier molecular flexibility index (Phi) is 2.29. The van der Waals surface area contributed by atoms with Crippen LogP contribution in [0.25, 0.3) is 0 Å². The molecule has 0 aromatic carbocycles. The van der Waals surface area contributed by atoms with Crippen LogP contribution in [-0.2, 0) is 9.84 Å². The highest BCUT2D eigenvalue weighted by atomic mass is 35.5. The standard InChI is InChI=1S/C5H4ClFN2O2S/c1-12(10,11)4-3(7)2-8-5(6)9-4/h2H,1H3. The van der Waals surface area contributed by atoms with Crippen LogP contribution in [0, 0.1) is 5.82 Å². The van der Waals surface area contributed by atoms with Crippen LogP contribution in [0.15, 0.2) is 11.2 Å². The molecule has 0 saturated carbocycles. The highest BCUT2D eigenvalue weighted by Crippen LogP contribution is 2.11. The topological polar surface area (TPSA) is 59.9 Å². The Morgan fingerprint density at radius 2 is 2.17 bits per heavy atom. The maximum atomic E-state index is 12.7. The molecule has 0 radical (unpaired) electrons. The summed E-state index contributed by atoms with van der Waals surface area (Å²) in [5.41, 5.74) is 0. The van der Waals surface area contributed by atoms with E-state index < -0.39 is 20.7 Å². The molecule has 0 N–H and O–H groups in total. The summed E-state index contributed by atoms with van der Waals surface area (Å²) in [6.45, 7) is 0. The van der Waals surface area contributed by atoms with Gasteiger partial charge in [-0.3, -0.25) is 0 Å². The van der Waals surface area contributed by atoms with Crippen molar-refractivity contribution >= 4 is 21.4 Å². The summed E-state index contributed by atoms with van der Waals surface area (Å²) in [7, 11) is -3.67. The molecule has 1 aromatic rings. The largest absolute Gasteiger partial charge is 0.223 e. The van der Waals surface area contributed by atoms with Crippen molar-refractivity contribution in [2.75, 3.05) is 6.26 Å². The normalized spacial score (nSPS) is 11.6. The Labute approximate surface area is 73.3 Å². The van der Waals surface area contributed by atoms with Crippen LogP contribution in [0.5, 0.6) is 0 Å². The lowest BCUT2D eigenvalue weighted by molar-refractivity contribution is 0.551. The minimum Gasteiger partial charge on any atom is -0.223 e. The van der Waals surface area contributed by atoms with Crippen LogP contribution < -0.4 is 0 Å². The monoisotopic (exact) mass is 210 g/mol. The molecule has 0 atom stereocenters. The predicted molar refractivity (Wildman–Crippen MR) is 40.1 cm³/mol. The Balaban J connectivity index is 3.43. The Hall–Kier alpha value is -0.750. The van der Waals surface area contributed by atoms with Gasteiger partial charge >= 0.3 is 0 Å². The van der Waals surface area contributed by atoms with E-state index in [-0.39, 0.29) is 5.28 Å². The van der Waals surface area contributed by atoms with Gasteiger partial charge in [0.1, 0.15) is 0 Å². The molecule has 7 heteroatoms. The first-order valence-electron chi connectivity index (χ1n) is 2.79. The molecule has 0 bridgehead atoms. The summed E-state index contributed by atoms with van der Waals surface area (Å²) in [5, 5.41) is -0.973. The van der Waals surface area contributed by atoms with Crippen molar-refractivity contribution in [2.45, 2.75) is 5.03 Å². The second-order valence-electron chi connectivity index (χ2n) is 2.06. The van der Waals surface area contributed by atoms with Gasteiger partial charge in [-0.2, -0.15) is 0 Å². The molecule has 66 valence electrons. The van der Waals surface area contributed by atoms with Gasteiger partial charge in [0, 0.05) is 6.26 Å². The number of halogens is 2. The second-order valence-corrected chi connectivity index (χ2v) is 4.33. The van der Waals surface area contributed by atoms with Gasteiger partial charge in [0.05, 0.1) is 6.20 Å². The molecule has 0 spiro atoms. The fourth-order valence-corrected chi connectivity index (χ4v) is 1.43. The van der Waals surface area contributed by atoms with Crippen LogP contribution in [0.2, 0.25) is 5.28 Å². The van der Waals surface area contributed by atoms with Gasteiger partial charge in [-0.1, -0.05) is 0 Å². The summed E-state index contributed by atoms with van der Waals surface area (Å²) in [4.78, 5) is 6.50. The van der Waals surface area contributed by atoms with Crippen molar-refractivity contribution in [3.05, 3.63) is 17.3 Å². The Morgan fingerprint density at radius 3 is 2.58 bits per heavy atom. The first-order chi connectivity index (χ1) is 5.41. The van der Waals surface area contributed by atoms with Crippen molar-refractivity contribution in [1.29, 1.82) is 0 Å². The molecule has 1 heterocycles. The van der Waals surface area contributed by atoms with E-state index in [1.54, 1.807) is 0 Å². The number of sulfone groups is 1. The third-order valence-electron chi connectivity index (χ3n) is 1.03. The molecule has 0 fully saturated rings. The number of hydrogen-bond donors (Lipinski definition) is 0. The van der Waals surface area contributed by atoms with Gasteiger partial charge < -0.3 is 0 Å². The van der Waals surface area contributed by atoms with E-state index in [0.717, 1.165) is 6.26 Å². The SMILES string of the molecule is CS(=O)(=O)c1nc(Cl)ncc1F. The summed E-state index contributed by atoms with van der Waals surface area (Å²) in [5.74, 6) is -0.998. The predicted octanol–water partition coefficient (Wildman–Crippen LogP) is 0.673. The molecule has 4 nitrogen and oxygen atoms in total. The van der Waals surface area contributed by atoms with E-state index in [0.29, 0.717) is 6.20 Å². The van der Waals surface area contributed by atoms with Crippen LogP contribution in [-0.4, -0.2) is 24.6 Å². The smallest absolute Gasteiger partial charge is 0.223 e. The zero-order chi connectivity index (χ0) is 9.35. The molecule has 0 aliphatic rings. The van der Waals surface area contributed by atoms with E-state index in [4.69, 9.17) is 11.6 Å². The molecule has 12 heavy (non-hydrogen) atoms. The van der Waals surface area contributed by atoms with Crippen molar-refractivity contribution in [3.63, 3.8) is 0 Å². The van der Waals surface area contributed by atoms with Crippen LogP contribution >= 0.6 is 11.6 Å². The van der Waals surface area contributed by atoms with Gasteiger partial charge in [0.15, 0.2) is 20.7 Å². The fourth-order valence-electron chi connectivity index (χ4n) is 0.591. The lowest BCUT2D eigenvalue weighted by Crippen LogP contribution is -2.05. The average molecular weight is 211 g/mol. The van der Waals surface area contributed by atoms with E-state index >= 15 is 0 Å². The molecule has 1 rings (SSSR count). The first kappa shape index (κ1) is 9.34. The zero-order valence-corrected chi connectivity index (χ0v) is 7.52. The highest BCUT2D eigenvalue weighted by Gasteiger charge is 2.16. The van der Waals surface area contributed by atoms with Crippen LogP contribution in [0.1, 0.15) is 0 Å². The minimum atomic E-state index is -3.67. The van der Waals surface area contributed by atoms with Gasteiger partial charge in [-0.05, 0) is 11.6 Å². The lowest BCUT2D eigenvalue weighted by atomic mass is 10.6. The number of rotatable bonds is 1. The molecule has 0 aliphatic heterocycles. The van der Waals surface area contributed by atoms with Crippen molar-refractivity contribution in [1.82, 2.24) is 9.97 Å². The lowest BCUT2D eigenvalue weighted by Gasteiger charge is -1.97. The Morgan fingerprint density at radius 1 is 1.58 bits per heavy atom. The maximum Gasteiger partial charge on any atom is 0.223 e.